The van der Waals surface area contributed by atoms with Crippen molar-refractivity contribution in [1.82, 2.24) is 10.2 Å². The third-order valence-corrected chi connectivity index (χ3v) is 2.24. The molecular formula is C10H17N3O. The first-order valence-electron chi connectivity index (χ1n) is 5.21. The first-order valence-corrected chi connectivity index (χ1v) is 5.21. The van der Waals surface area contributed by atoms with Crippen molar-refractivity contribution in [1.29, 1.82) is 5.26 Å². The van der Waals surface area contributed by atoms with Crippen LogP contribution in [-0.4, -0.2) is 30.1 Å². The second-order valence-electron chi connectivity index (χ2n) is 3.56. The second-order valence-corrected chi connectivity index (χ2v) is 3.56. The molecule has 4 heteroatoms. The summed E-state index contributed by atoms with van der Waals surface area (Å²) in [6.07, 6.45) is 3.55. The molecule has 0 spiro atoms. The molecule has 0 radical (unpaired) electrons. The van der Waals surface area contributed by atoms with E-state index >= 15 is 0 Å². The Labute approximate surface area is 84.9 Å². The van der Waals surface area contributed by atoms with Gasteiger partial charge in [-0.25, -0.2) is 4.79 Å². The molecule has 0 atom stereocenters. The highest BCUT2D eigenvalue weighted by molar-refractivity contribution is 5.74. The number of hydrogen-bond donors (Lipinski definition) is 1. The van der Waals surface area contributed by atoms with E-state index in [0.29, 0.717) is 25.6 Å². The van der Waals surface area contributed by atoms with Gasteiger partial charge in [0, 0.05) is 19.1 Å². The van der Waals surface area contributed by atoms with Crippen molar-refractivity contribution in [2.75, 3.05) is 13.1 Å². The van der Waals surface area contributed by atoms with Crippen molar-refractivity contribution in [2.45, 2.75) is 38.6 Å². The first-order chi connectivity index (χ1) is 6.79. The zero-order valence-electron chi connectivity index (χ0n) is 8.62. The molecule has 1 fully saturated rings. The number of urea groups is 1. The lowest BCUT2D eigenvalue weighted by Crippen LogP contribution is -2.42. The van der Waals surface area contributed by atoms with E-state index in [-0.39, 0.29) is 6.03 Å². The summed E-state index contributed by atoms with van der Waals surface area (Å²) in [6, 6.07) is 2.45. The largest absolute Gasteiger partial charge is 0.338 e. The molecule has 4 nitrogen and oxygen atoms in total. The van der Waals surface area contributed by atoms with Crippen LogP contribution in [0.5, 0.6) is 0 Å². The van der Waals surface area contributed by atoms with E-state index < -0.39 is 0 Å². The molecule has 0 aromatic rings. The molecule has 1 aliphatic carbocycles. The van der Waals surface area contributed by atoms with Gasteiger partial charge in [-0.1, -0.05) is 6.92 Å². The van der Waals surface area contributed by atoms with Crippen molar-refractivity contribution in [3.63, 3.8) is 0 Å². The van der Waals surface area contributed by atoms with E-state index in [0.717, 1.165) is 19.3 Å². The van der Waals surface area contributed by atoms with Gasteiger partial charge < -0.3 is 10.2 Å². The minimum atomic E-state index is -0.00963. The monoisotopic (exact) mass is 195 g/mol. The van der Waals surface area contributed by atoms with Crippen LogP contribution in [0.4, 0.5) is 4.79 Å². The quantitative estimate of drug-likeness (QED) is 0.722. The maximum absolute atomic E-state index is 11.6. The third kappa shape index (κ3) is 3.25. The second kappa shape index (κ2) is 5.48. The smallest absolute Gasteiger partial charge is 0.317 e. The number of carbonyl (C=O) groups excluding carboxylic acids is 1. The van der Waals surface area contributed by atoms with Crippen molar-refractivity contribution in [2.24, 2.45) is 0 Å². The fraction of sp³-hybridized carbons (Fsp3) is 0.800. The van der Waals surface area contributed by atoms with Gasteiger partial charge in [0.25, 0.3) is 0 Å². The van der Waals surface area contributed by atoms with Crippen LogP contribution in [0.15, 0.2) is 0 Å². The van der Waals surface area contributed by atoms with Crippen LogP contribution >= 0.6 is 0 Å². The van der Waals surface area contributed by atoms with Crippen LogP contribution in [-0.2, 0) is 0 Å². The third-order valence-electron chi connectivity index (χ3n) is 2.24. The average Bonchev–Trinajstić information content (AvgIpc) is 2.99. The lowest BCUT2D eigenvalue weighted by Gasteiger charge is -2.21. The predicted molar refractivity (Wildman–Crippen MR) is 53.6 cm³/mol. The zero-order chi connectivity index (χ0) is 10.4. The van der Waals surface area contributed by atoms with E-state index in [2.05, 4.69) is 11.4 Å². The Morgan fingerprint density at radius 1 is 1.64 bits per heavy atom. The minimum Gasteiger partial charge on any atom is -0.338 e. The maximum atomic E-state index is 11.6. The summed E-state index contributed by atoms with van der Waals surface area (Å²) in [5.74, 6) is 0. The summed E-state index contributed by atoms with van der Waals surface area (Å²) in [5, 5.41) is 11.3. The summed E-state index contributed by atoms with van der Waals surface area (Å²) >= 11 is 0. The van der Waals surface area contributed by atoms with Gasteiger partial charge in [0.15, 0.2) is 0 Å². The molecule has 1 aliphatic rings. The molecule has 78 valence electrons. The molecule has 0 aromatic heterocycles. The Morgan fingerprint density at radius 3 is 2.86 bits per heavy atom. The molecule has 0 aliphatic heterocycles. The Morgan fingerprint density at radius 2 is 2.36 bits per heavy atom. The zero-order valence-corrected chi connectivity index (χ0v) is 8.62. The minimum absolute atomic E-state index is 0.00963. The molecule has 1 N–H and O–H groups in total. The molecular weight excluding hydrogens is 178 g/mol. The number of amides is 2. The van der Waals surface area contributed by atoms with Crippen LogP contribution in [0.25, 0.3) is 0 Å². The van der Waals surface area contributed by atoms with Crippen LogP contribution < -0.4 is 5.32 Å². The van der Waals surface area contributed by atoms with Crippen LogP contribution in [0, 0.1) is 11.3 Å². The van der Waals surface area contributed by atoms with E-state index in [4.69, 9.17) is 5.26 Å². The van der Waals surface area contributed by atoms with Gasteiger partial charge in [0.1, 0.15) is 0 Å². The fourth-order valence-corrected chi connectivity index (χ4v) is 1.34. The lowest BCUT2D eigenvalue weighted by atomic mass is 10.4. The van der Waals surface area contributed by atoms with Gasteiger partial charge in [0.05, 0.1) is 12.5 Å². The number of rotatable bonds is 5. The number of nitrogens with one attached hydrogen (secondary N) is 1. The standard InChI is InChI=1S/C10H17N3O/c1-2-7-12-10(14)13(8-3-6-11)9-4-5-9/h9H,2-5,7-8H2,1H3,(H,12,14). The summed E-state index contributed by atoms with van der Waals surface area (Å²) in [6.45, 7) is 3.31. The van der Waals surface area contributed by atoms with Crippen molar-refractivity contribution in [3.05, 3.63) is 0 Å². The molecule has 1 saturated carbocycles. The van der Waals surface area contributed by atoms with E-state index in [1.165, 1.54) is 0 Å². The summed E-state index contributed by atoms with van der Waals surface area (Å²) in [5.41, 5.74) is 0. The molecule has 1 rings (SSSR count). The molecule has 14 heavy (non-hydrogen) atoms. The molecule has 2 amide bonds. The highest BCUT2D eigenvalue weighted by Crippen LogP contribution is 2.26. The lowest BCUT2D eigenvalue weighted by molar-refractivity contribution is 0.196. The molecule has 0 bridgehead atoms. The predicted octanol–water partition coefficient (Wildman–Crippen LogP) is 1.48. The van der Waals surface area contributed by atoms with Gasteiger partial charge in [-0.05, 0) is 19.3 Å². The molecule has 0 heterocycles. The Hall–Kier alpha value is -1.24. The molecule has 0 aromatic carbocycles. The van der Waals surface area contributed by atoms with Gasteiger partial charge in [0.2, 0.25) is 0 Å². The molecule has 0 unspecified atom stereocenters. The van der Waals surface area contributed by atoms with Crippen LogP contribution in [0.3, 0.4) is 0 Å². The van der Waals surface area contributed by atoms with E-state index in [1.54, 1.807) is 4.90 Å². The van der Waals surface area contributed by atoms with Crippen LogP contribution in [0.2, 0.25) is 0 Å². The van der Waals surface area contributed by atoms with Gasteiger partial charge in [-0.2, -0.15) is 5.26 Å². The van der Waals surface area contributed by atoms with Gasteiger partial charge in [-0.15, -0.1) is 0 Å². The molecule has 0 saturated heterocycles. The number of nitriles is 1. The SMILES string of the molecule is CCCNC(=O)N(CCC#N)C1CC1. The normalized spacial score (nSPS) is 14.6. The van der Waals surface area contributed by atoms with Crippen molar-refractivity contribution in [3.8, 4) is 6.07 Å². The number of carbonyl (C=O) groups is 1. The van der Waals surface area contributed by atoms with E-state index in [9.17, 15) is 4.79 Å². The summed E-state index contributed by atoms with van der Waals surface area (Å²) in [7, 11) is 0. The highest BCUT2D eigenvalue weighted by atomic mass is 16.2. The van der Waals surface area contributed by atoms with Crippen LogP contribution in [0.1, 0.15) is 32.6 Å². The maximum Gasteiger partial charge on any atom is 0.317 e. The number of hydrogen-bond acceptors (Lipinski definition) is 2. The Balaban J connectivity index is 2.33. The Bertz CT molecular complexity index is 230. The van der Waals surface area contributed by atoms with Crippen molar-refractivity contribution < 1.29 is 4.79 Å². The summed E-state index contributed by atoms with van der Waals surface area (Å²) < 4.78 is 0. The highest BCUT2D eigenvalue weighted by Gasteiger charge is 2.31. The summed E-state index contributed by atoms with van der Waals surface area (Å²) in [4.78, 5) is 13.4. The average molecular weight is 195 g/mol. The van der Waals surface area contributed by atoms with Crippen molar-refractivity contribution >= 4 is 6.03 Å². The van der Waals surface area contributed by atoms with E-state index in [1.807, 2.05) is 6.92 Å². The topological polar surface area (TPSA) is 56.1 Å². The Kier molecular flexibility index (Phi) is 4.24. The first kappa shape index (κ1) is 10.8. The number of nitrogens with zero attached hydrogens (tertiary/aromatic N) is 2. The van der Waals surface area contributed by atoms with Gasteiger partial charge >= 0.3 is 6.03 Å². The fourth-order valence-electron chi connectivity index (χ4n) is 1.34. The van der Waals surface area contributed by atoms with Gasteiger partial charge in [-0.3, -0.25) is 0 Å².